The lowest BCUT2D eigenvalue weighted by atomic mass is 9.73. The number of aryl methyl sites for hydroxylation is 1. The van der Waals surface area contributed by atoms with E-state index in [0.29, 0.717) is 5.78 Å². The summed E-state index contributed by atoms with van der Waals surface area (Å²) in [4.78, 5) is 14.7. The Kier molecular flexibility index (Phi) is 5.26. The first kappa shape index (κ1) is 18.5. The van der Waals surface area contributed by atoms with Gasteiger partial charge in [0, 0.05) is 16.5 Å². The maximum Gasteiger partial charge on any atom is 0.173 e. The molecule has 3 rings (SSSR count). The van der Waals surface area contributed by atoms with E-state index < -0.39 is 8.07 Å². The van der Waals surface area contributed by atoms with Gasteiger partial charge in [0.15, 0.2) is 10.7 Å². The van der Waals surface area contributed by atoms with Gasteiger partial charge in [-0.15, -0.1) is 0 Å². The van der Waals surface area contributed by atoms with Crippen molar-refractivity contribution in [2.45, 2.75) is 44.3 Å². The van der Waals surface area contributed by atoms with Crippen molar-refractivity contribution in [1.29, 1.82) is 0 Å². The quantitative estimate of drug-likeness (QED) is 0.511. The highest BCUT2D eigenvalue weighted by Crippen LogP contribution is 2.38. The monoisotopic (exact) mass is 369 g/mol. The van der Waals surface area contributed by atoms with E-state index in [0.717, 1.165) is 24.2 Å². The minimum Gasteiger partial charge on any atom is -0.293 e. The summed E-state index contributed by atoms with van der Waals surface area (Å²) >= 11 is 0. The molecule has 2 atom stereocenters. The second kappa shape index (κ2) is 7.12. The third kappa shape index (κ3) is 4.27. The topological polar surface area (TPSA) is 17.1 Å². The van der Waals surface area contributed by atoms with Crippen LogP contribution in [0.3, 0.4) is 0 Å². The molecular weight excluding hydrogens is 340 g/mol. The molecule has 0 fully saturated rings. The average molecular weight is 370 g/mol. The molecule has 1 aliphatic rings. The molecule has 2 aromatic carbocycles. The lowest BCUT2D eigenvalue weighted by Gasteiger charge is -2.33. The van der Waals surface area contributed by atoms with Crippen molar-refractivity contribution in [3.8, 4) is 0 Å². The van der Waals surface area contributed by atoms with Gasteiger partial charge in [0.1, 0.15) is 13.8 Å². The van der Waals surface area contributed by atoms with Gasteiger partial charge in [-0.3, -0.25) is 4.79 Å². The van der Waals surface area contributed by atoms with Crippen LogP contribution in [0.4, 0.5) is 0 Å². The lowest BCUT2D eigenvalue weighted by molar-refractivity contribution is 0.0816. The highest BCUT2D eigenvalue weighted by atomic mass is 32.2. The SMILES string of the molecule is CC1(C[S+](C[Si](C)(C)C)c2ccccc2)CCc2ccccc2C1=O. The third-order valence-corrected chi connectivity index (χ3v) is 11.7. The van der Waals surface area contributed by atoms with Crippen molar-refractivity contribution in [3.63, 3.8) is 0 Å². The number of carbonyl (C=O) groups is 1. The molecule has 3 heteroatoms. The molecule has 0 heterocycles. The fourth-order valence-corrected chi connectivity index (χ4v) is 10.7. The van der Waals surface area contributed by atoms with Gasteiger partial charge < -0.3 is 0 Å². The van der Waals surface area contributed by atoms with E-state index in [2.05, 4.69) is 69.0 Å². The number of fused-ring (bicyclic) bond motifs is 1. The Labute approximate surface area is 156 Å². The zero-order chi connectivity index (χ0) is 18.1. The number of carbonyl (C=O) groups excluding carboxylic acids is 1. The largest absolute Gasteiger partial charge is 0.293 e. The van der Waals surface area contributed by atoms with Gasteiger partial charge >= 0.3 is 0 Å². The Morgan fingerprint density at radius 1 is 1.00 bits per heavy atom. The molecule has 0 aliphatic heterocycles. The zero-order valence-electron chi connectivity index (χ0n) is 15.8. The molecule has 0 saturated carbocycles. The van der Waals surface area contributed by atoms with Crippen molar-refractivity contribution < 1.29 is 4.79 Å². The van der Waals surface area contributed by atoms with Crippen molar-refractivity contribution in [1.82, 2.24) is 0 Å². The first-order valence-electron chi connectivity index (χ1n) is 9.14. The zero-order valence-corrected chi connectivity index (χ0v) is 17.7. The second-order valence-corrected chi connectivity index (χ2v) is 16.7. The first-order chi connectivity index (χ1) is 11.8. The van der Waals surface area contributed by atoms with Crippen LogP contribution in [0.5, 0.6) is 0 Å². The smallest absolute Gasteiger partial charge is 0.173 e. The fourth-order valence-electron chi connectivity index (χ4n) is 3.68. The second-order valence-electron chi connectivity index (χ2n) is 8.70. The van der Waals surface area contributed by atoms with Crippen LogP contribution in [0.2, 0.25) is 19.6 Å². The molecular formula is C22H29OSSi+. The van der Waals surface area contributed by atoms with Crippen LogP contribution in [-0.2, 0) is 17.3 Å². The van der Waals surface area contributed by atoms with E-state index in [1.807, 2.05) is 12.1 Å². The van der Waals surface area contributed by atoms with Crippen LogP contribution < -0.4 is 0 Å². The Balaban J connectivity index is 1.90. The van der Waals surface area contributed by atoms with Crippen molar-refractivity contribution >= 4 is 24.8 Å². The number of ketones is 1. The molecule has 0 bridgehead atoms. The molecule has 132 valence electrons. The van der Waals surface area contributed by atoms with Crippen LogP contribution in [0.15, 0.2) is 59.5 Å². The van der Waals surface area contributed by atoms with Gasteiger partial charge in [0.2, 0.25) is 0 Å². The molecule has 0 spiro atoms. The Morgan fingerprint density at radius 2 is 1.64 bits per heavy atom. The van der Waals surface area contributed by atoms with Gasteiger partial charge in [0.05, 0.1) is 10.8 Å². The molecule has 0 aromatic heterocycles. The molecule has 1 nitrogen and oxygen atoms in total. The van der Waals surface area contributed by atoms with Crippen LogP contribution in [-0.4, -0.2) is 25.0 Å². The van der Waals surface area contributed by atoms with Crippen LogP contribution in [0.1, 0.15) is 29.3 Å². The van der Waals surface area contributed by atoms with Gasteiger partial charge in [-0.1, -0.05) is 62.1 Å². The third-order valence-electron chi connectivity index (χ3n) is 4.93. The van der Waals surface area contributed by atoms with E-state index in [-0.39, 0.29) is 16.3 Å². The van der Waals surface area contributed by atoms with Crippen molar-refractivity contribution in [2.75, 3.05) is 11.1 Å². The van der Waals surface area contributed by atoms with Crippen molar-refractivity contribution in [3.05, 3.63) is 65.7 Å². The molecule has 0 saturated heterocycles. The van der Waals surface area contributed by atoms with Crippen molar-refractivity contribution in [2.24, 2.45) is 5.41 Å². The lowest BCUT2D eigenvalue weighted by Crippen LogP contribution is -2.43. The maximum atomic E-state index is 13.3. The number of Topliss-reactive ketones (excluding diaryl/α,β-unsaturated/α-hetero) is 1. The number of benzene rings is 2. The first-order valence-corrected chi connectivity index (χ1v) is 14.4. The highest BCUT2D eigenvalue weighted by Gasteiger charge is 2.45. The van der Waals surface area contributed by atoms with Crippen LogP contribution in [0.25, 0.3) is 0 Å². The predicted octanol–water partition coefficient (Wildman–Crippen LogP) is 5.38. The number of rotatable bonds is 5. The van der Waals surface area contributed by atoms with Gasteiger partial charge in [0.25, 0.3) is 0 Å². The predicted molar refractivity (Wildman–Crippen MR) is 112 cm³/mol. The Morgan fingerprint density at radius 3 is 2.32 bits per heavy atom. The summed E-state index contributed by atoms with van der Waals surface area (Å²) in [6, 6.07) is 19.1. The Bertz CT molecular complexity index is 750. The van der Waals surface area contributed by atoms with Crippen LogP contribution in [0, 0.1) is 5.41 Å². The number of hydrogen-bond acceptors (Lipinski definition) is 1. The van der Waals surface area contributed by atoms with E-state index >= 15 is 0 Å². The van der Waals surface area contributed by atoms with E-state index in [1.54, 1.807) is 0 Å². The summed E-state index contributed by atoms with van der Waals surface area (Å²) in [6.45, 7) is 9.53. The number of hydrogen-bond donors (Lipinski definition) is 0. The standard InChI is InChI=1S/C22H29OSSi/c1-22(15-14-18-10-8-9-13-20(18)21(22)23)16-24(17-25(2,3)4)19-11-6-5-7-12-19/h5-13H,14-17H2,1-4H3/q+1. The minimum atomic E-state index is -1.21. The maximum absolute atomic E-state index is 13.3. The summed E-state index contributed by atoms with van der Waals surface area (Å²) < 4.78 is 0. The summed E-state index contributed by atoms with van der Waals surface area (Å²) in [5.74, 6) is 1.35. The molecule has 0 radical (unpaired) electrons. The molecule has 25 heavy (non-hydrogen) atoms. The summed E-state index contributed by atoms with van der Waals surface area (Å²) in [7, 11) is -1.06. The molecule has 0 amide bonds. The van der Waals surface area contributed by atoms with Gasteiger partial charge in [-0.2, -0.15) is 0 Å². The van der Waals surface area contributed by atoms with Gasteiger partial charge in [-0.05, 0) is 37.5 Å². The average Bonchev–Trinajstić information content (AvgIpc) is 2.58. The van der Waals surface area contributed by atoms with Crippen LogP contribution >= 0.6 is 0 Å². The summed E-state index contributed by atoms with van der Waals surface area (Å²) in [5, 5.41) is 1.27. The van der Waals surface area contributed by atoms with E-state index in [9.17, 15) is 4.79 Å². The summed E-state index contributed by atoms with van der Waals surface area (Å²) in [5.41, 5.74) is 1.96. The molecule has 1 aliphatic carbocycles. The summed E-state index contributed by atoms with van der Waals surface area (Å²) in [6.07, 6.45) is 2.00. The van der Waals surface area contributed by atoms with Gasteiger partial charge in [-0.25, -0.2) is 0 Å². The fraction of sp³-hybridized carbons (Fsp3) is 0.409. The van der Waals surface area contributed by atoms with E-state index in [1.165, 1.54) is 15.8 Å². The van der Waals surface area contributed by atoms with E-state index in [4.69, 9.17) is 0 Å². The minimum absolute atomic E-state index is 0.149. The normalized spacial score (nSPS) is 21.7. The highest BCUT2D eigenvalue weighted by molar-refractivity contribution is 7.98. The molecule has 2 aromatic rings. The molecule has 0 N–H and O–H groups in total. The molecule has 2 unspecified atom stereocenters. The Hall–Kier alpha value is -1.32.